The quantitative estimate of drug-likeness (QED) is 0.239. The molecule has 0 aromatic heterocycles. The summed E-state index contributed by atoms with van der Waals surface area (Å²) < 4.78 is 87.4. The molecule has 16 heteroatoms. The zero-order chi connectivity index (χ0) is 25.2. The summed E-state index contributed by atoms with van der Waals surface area (Å²) in [7, 11) is -6.55. The molecular weight excluding hydrogens is 496 g/mol. The summed E-state index contributed by atoms with van der Waals surface area (Å²) in [5.41, 5.74) is 0.0161. The van der Waals surface area contributed by atoms with Gasteiger partial charge in [-0.05, 0) is 45.5 Å². The van der Waals surface area contributed by atoms with Gasteiger partial charge in [0, 0.05) is 12.1 Å². The molecule has 0 spiro atoms. The van der Waals surface area contributed by atoms with Crippen LogP contribution in [0.3, 0.4) is 0 Å². The number of hydrogen-bond acceptors (Lipinski definition) is 10. The summed E-state index contributed by atoms with van der Waals surface area (Å²) in [5, 5.41) is 6.88. The fraction of sp³-hybridized carbons (Fsp3) is 0.222. The van der Waals surface area contributed by atoms with E-state index in [4.69, 9.17) is 28.1 Å². The Balaban J connectivity index is 2.03. The summed E-state index contributed by atoms with van der Waals surface area (Å²) >= 11 is 0. The third-order valence-corrected chi connectivity index (χ3v) is 4.25. The molecule has 0 atom stereocenters. The van der Waals surface area contributed by atoms with Gasteiger partial charge in [0.15, 0.2) is 0 Å². The molecule has 2 aromatic rings. The summed E-state index contributed by atoms with van der Waals surface area (Å²) in [6, 6.07) is 8.80. The highest BCUT2D eigenvalue weighted by Crippen LogP contribution is 2.33. The molecule has 34 heavy (non-hydrogen) atoms. The first kappa shape index (κ1) is 26.7. The van der Waals surface area contributed by atoms with E-state index in [1.165, 1.54) is 38.5 Å². The second-order valence-electron chi connectivity index (χ2n) is 6.02. The number of benzene rings is 2. The summed E-state index contributed by atoms with van der Waals surface area (Å²) in [5.74, 6) is 1.06. The molecule has 0 amide bonds. The van der Waals surface area contributed by atoms with Crippen molar-refractivity contribution in [1.82, 2.24) is 0 Å². The van der Waals surface area contributed by atoms with E-state index in [9.17, 15) is 16.8 Å². The molecule has 184 valence electrons. The largest absolute Gasteiger partial charge is 0.497 e. The first-order valence-electron chi connectivity index (χ1n) is 9.08. The number of rotatable bonds is 12. The van der Waals surface area contributed by atoms with Gasteiger partial charge >= 0.3 is 20.6 Å². The zero-order valence-corrected chi connectivity index (χ0v) is 19.4. The zero-order valence-electron chi connectivity index (χ0n) is 17.8. The van der Waals surface area contributed by atoms with Gasteiger partial charge in [0.1, 0.15) is 47.6 Å². The van der Waals surface area contributed by atoms with Crippen LogP contribution in [0, 0.1) is 0 Å². The number of ether oxygens (including phenoxy) is 4. The molecule has 2 aromatic carbocycles. The Bertz CT molecular complexity index is 1190. The highest BCUT2D eigenvalue weighted by molar-refractivity contribution is 7.84. The van der Waals surface area contributed by atoms with Gasteiger partial charge in [-0.3, -0.25) is 9.11 Å². The van der Waals surface area contributed by atoms with E-state index in [0.29, 0.717) is 11.5 Å². The molecule has 14 nitrogen and oxygen atoms in total. The molecule has 0 saturated carbocycles. The van der Waals surface area contributed by atoms with E-state index in [2.05, 4.69) is 19.3 Å². The average molecular weight is 517 g/mol. The molecule has 0 radical (unpaired) electrons. The van der Waals surface area contributed by atoms with Crippen LogP contribution in [0.25, 0.3) is 0 Å². The van der Waals surface area contributed by atoms with Crippen LogP contribution >= 0.6 is 0 Å². The highest BCUT2D eigenvalue weighted by Gasteiger charge is 2.09. The van der Waals surface area contributed by atoms with Gasteiger partial charge in [0.05, 0.1) is 14.2 Å². The van der Waals surface area contributed by atoms with Crippen molar-refractivity contribution in [2.45, 2.75) is 0 Å². The Morgan fingerprint density at radius 2 is 1.12 bits per heavy atom. The van der Waals surface area contributed by atoms with Crippen LogP contribution in [-0.2, 0) is 20.6 Å². The lowest BCUT2D eigenvalue weighted by Gasteiger charge is -2.09. The molecule has 2 N–H and O–H groups in total. The molecule has 0 fully saturated rings. The lowest BCUT2D eigenvalue weighted by molar-refractivity contribution is 0.350. The van der Waals surface area contributed by atoms with E-state index in [1.807, 2.05) is 0 Å². The number of hydrogen-bond donors (Lipinski definition) is 2. The van der Waals surface area contributed by atoms with Gasteiger partial charge in [-0.15, -0.1) is 10.2 Å². The molecule has 0 heterocycles. The number of methoxy groups -OCH3 is 2. The lowest BCUT2D eigenvalue weighted by Crippen LogP contribution is -1.98. The van der Waals surface area contributed by atoms with E-state index in [0.717, 1.165) is 0 Å². The van der Waals surface area contributed by atoms with Gasteiger partial charge in [-0.25, -0.2) is 0 Å². The first-order chi connectivity index (χ1) is 16.0. The SMILES string of the molecule is COc1ccc(OC/C=C/COc2ccc(OC)cc2N=NS(=O)(=O)O)c(N=NS(=O)(=O)O)c1. The normalized spacial score (nSPS) is 12.5. The average Bonchev–Trinajstić information content (AvgIpc) is 2.78. The van der Waals surface area contributed by atoms with Crippen molar-refractivity contribution in [3.05, 3.63) is 48.6 Å². The maximum atomic E-state index is 10.8. The molecule has 0 aliphatic rings. The van der Waals surface area contributed by atoms with Gasteiger partial charge in [-0.1, -0.05) is 0 Å². The standard InChI is InChI=1S/C18H20N4O10S2/c1-29-13-5-7-17(15(11-13)19-21-33(23,24)25)31-9-3-4-10-32-18-8-6-14(30-2)12-16(18)20-22-34(26,27)28/h3-8,11-12H,9-10H2,1-2H3,(H,23,24,25)(H,26,27,28)/b4-3+,21-19?,22-20?. The van der Waals surface area contributed by atoms with Crippen molar-refractivity contribution in [2.75, 3.05) is 27.4 Å². The fourth-order valence-corrected chi connectivity index (χ4v) is 2.63. The minimum absolute atomic E-state index is 0.00805. The lowest BCUT2D eigenvalue weighted by atomic mass is 10.3. The minimum Gasteiger partial charge on any atom is -0.497 e. The molecule has 0 bridgehead atoms. The van der Waals surface area contributed by atoms with Gasteiger partial charge in [0.25, 0.3) is 0 Å². The van der Waals surface area contributed by atoms with Crippen LogP contribution in [0.1, 0.15) is 0 Å². The Hall–Kier alpha value is -3.60. The van der Waals surface area contributed by atoms with Crippen LogP contribution in [0.4, 0.5) is 11.4 Å². The third kappa shape index (κ3) is 9.49. The summed E-state index contributed by atoms with van der Waals surface area (Å²) in [6.45, 7) is 0.0596. The van der Waals surface area contributed by atoms with Crippen molar-refractivity contribution < 1.29 is 44.9 Å². The van der Waals surface area contributed by atoms with Crippen LogP contribution < -0.4 is 18.9 Å². The van der Waals surface area contributed by atoms with Gasteiger partial charge in [0.2, 0.25) is 0 Å². The Morgan fingerprint density at radius 1 is 0.735 bits per heavy atom. The highest BCUT2D eigenvalue weighted by atomic mass is 32.2. The first-order valence-corrected chi connectivity index (χ1v) is 11.9. The van der Waals surface area contributed by atoms with Crippen LogP contribution in [0.15, 0.2) is 67.8 Å². The molecule has 0 aliphatic carbocycles. The second kappa shape index (κ2) is 12.0. The summed E-state index contributed by atoms with van der Waals surface area (Å²) in [4.78, 5) is 0. The van der Waals surface area contributed by atoms with E-state index >= 15 is 0 Å². The van der Waals surface area contributed by atoms with Gasteiger partial charge in [-0.2, -0.15) is 16.8 Å². The van der Waals surface area contributed by atoms with Crippen molar-refractivity contribution in [2.24, 2.45) is 19.3 Å². The van der Waals surface area contributed by atoms with Crippen LogP contribution in [0.5, 0.6) is 23.0 Å². The predicted octanol–water partition coefficient (Wildman–Crippen LogP) is 3.49. The Labute approximate surface area is 195 Å². The Kier molecular flexibility index (Phi) is 9.43. The second-order valence-corrected chi connectivity index (χ2v) is 8.14. The maximum absolute atomic E-state index is 10.8. The monoisotopic (exact) mass is 516 g/mol. The van der Waals surface area contributed by atoms with Crippen molar-refractivity contribution >= 4 is 32.0 Å². The Morgan fingerprint density at radius 3 is 1.44 bits per heavy atom. The topological polar surface area (TPSA) is 195 Å². The third-order valence-electron chi connectivity index (χ3n) is 3.67. The maximum Gasteiger partial charge on any atom is 0.396 e. The van der Waals surface area contributed by atoms with E-state index in [-0.39, 0.29) is 36.1 Å². The minimum atomic E-state index is -4.68. The van der Waals surface area contributed by atoms with Crippen molar-refractivity contribution in [3.8, 4) is 23.0 Å². The van der Waals surface area contributed by atoms with Crippen LogP contribution in [-0.4, -0.2) is 53.4 Å². The van der Waals surface area contributed by atoms with Crippen LogP contribution in [0.2, 0.25) is 0 Å². The van der Waals surface area contributed by atoms with Crippen molar-refractivity contribution in [3.63, 3.8) is 0 Å². The molecule has 2 rings (SSSR count). The van der Waals surface area contributed by atoms with E-state index < -0.39 is 20.6 Å². The number of nitrogens with zero attached hydrogens (tertiary/aromatic N) is 4. The smallest absolute Gasteiger partial charge is 0.396 e. The predicted molar refractivity (Wildman–Crippen MR) is 118 cm³/mol. The van der Waals surface area contributed by atoms with E-state index in [1.54, 1.807) is 24.3 Å². The van der Waals surface area contributed by atoms with Crippen molar-refractivity contribution in [1.29, 1.82) is 0 Å². The molecule has 0 aliphatic heterocycles. The summed E-state index contributed by atoms with van der Waals surface area (Å²) in [6.07, 6.45) is 3.16. The van der Waals surface area contributed by atoms with Gasteiger partial charge < -0.3 is 18.9 Å². The molecule has 0 unspecified atom stereocenters. The fourth-order valence-electron chi connectivity index (χ4n) is 2.25. The molecular formula is C18H20N4O10S2. The molecule has 0 saturated heterocycles.